The molecule has 3 heterocycles. The average molecular weight is 434 g/mol. The van der Waals surface area contributed by atoms with Gasteiger partial charge in [-0.25, -0.2) is 0 Å². The first-order chi connectivity index (χ1) is 15.3. The Labute approximate surface area is 188 Å². The minimum Gasteiger partial charge on any atom is -0.463 e. The van der Waals surface area contributed by atoms with Gasteiger partial charge in [-0.2, -0.15) is 0 Å². The van der Waals surface area contributed by atoms with Crippen molar-refractivity contribution in [2.45, 2.75) is 71.5 Å². The van der Waals surface area contributed by atoms with E-state index in [0.29, 0.717) is 23.7 Å². The van der Waals surface area contributed by atoms with E-state index in [9.17, 15) is 9.59 Å². The third-order valence-corrected chi connectivity index (χ3v) is 7.29. The van der Waals surface area contributed by atoms with E-state index >= 15 is 0 Å². The zero-order valence-electron chi connectivity index (χ0n) is 19.3. The van der Waals surface area contributed by atoms with Gasteiger partial charge in [0.1, 0.15) is 11.2 Å². The molecule has 0 saturated heterocycles. The third kappa shape index (κ3) is 3.24. The number of anilines is 1. The highest BCUT2D eigenvalue weighted by Gasteiger charge is 2.49. The summed E-state index contributed by atoms with van der Waals surface area (Å²) in [6.07, 6.45) is 6.08. The monoisotopic (exact) mass is 433 g/mol. The van der Waals surface area contributed by atoms with Crippen molar-refractivity contribution in [2.75, 3.05) is 4.90 Å². The maximum Gasteiger partial charge on any atom is 0.276 e. The van der Waals surface area contributed by atoms with E-state index in [1.807, 2.05) is 43.5 Å². The number of hydrogen-bond acceptors (Lipinski definition) is 3. The Bertz CT molecular complexity index is 1190. The average Bonchev–Trinajstić information content (AvgIpc) is 3.31. The topological polar surface area (TPSA) is 67.5 Å². The van der Waals surface area contributed by atoms with Crippen LogP contribution in [0.4, 0.5) is 5.69 Å². The van der Waals surface area contributed by atoms with Crippen molar-refractivity contribution in [3.05, 3.63) is 53.4 Å². The number of nitrogens with one attached hydrogen (secondary N) is 1. The molecule has 168 valence electrons. The highest BCUT2D eigenvalue weighted by molar-refractivity contribution is 6.13. The number of amides is 2. The predicted molar refractivity (Wildman–Crippen MR) is 125 cm³/mol. The van der Waals surface area contributed by atoms with E-state index in [2.05, 4.69) is 18.3 Å². The number of nitrogens with zero attached hydrogens (tertiary/aromatic N) is 2. The first kappa shape index (κ1) is 20.9. The first-order valence-electron chi connectivity index (χ1n) is 11.6. The van der Waals surface area contributed by atoms with E-state index in [0.717, 1.165) is 41.6 Å². The van der Waals surface area contributed by atoms with Gasteiger partial charge in [0.05, 0.1) is 18.3 Å². The lowest BCUT2D eigenvalue weighted by molar-refractivity contribution is -0.127. The molecule has 1 aliphatic heterocycles. The molecule has 6 nitrogen and oxygen atoms in total. The van der Waals surface area contributed by atoms with Crippen molar-refractivity contribution >= 4 is 28.6 Å². The zero-order chi connectivity index (χ0) is 22.6. The number of aryl methyl sites for hydroxylation is 2. The summed E-state index contributed by atoms with van der Waals surface area (Å²) in [5.41, 5.74) is 3.88. The molecule has 3 aromatic rings. The second kappa shape index (κ2) is 7.54. The SMILES string of the molecule is Cc1cc(C)cc(N2C(=O)c3cc4occc4n3C[C@]2(C)C(=O)N[C@@H]2CCCC[C@H]2C)c1. The second-order valence-corrected chi connectivity index (χ2v) is 9.89. The molecule has 0 unspecified atom stereocenters. The van der Waals surface area contributed by atoms with Crippen LogP contribution in [0.15, 0.2) is 41.0 Å². The van der Waals surface area contributed by atoms with Crippen LogP contribution in [0.25, 0.3) is 11.1 Å². The number of carbonyl (C=O) groups excluding carboxylic acids is 2. The van der Waals surface area contributed by atoms with Crippen molar-refractivity contribution in [3.8, 4) is 0 Å². The van der Waals surface area contributed by atoms with Crippen molar-refractivity contribution < 1.29 is 14.0 Å². The molecule has 6 heteroatoms. The number of rotatable bonds is 3. The van der Waals surface area contributed by atoms with Gasteiger partial charge in [0.2, 0.25) is 5.91 Å². The van der Waals surface area contributed by atoms with Gasteiger partial charge in [0.15, 0.2) is 5.58 Å². The zero-order valence-corrected chi connectivity index (χ0v) is 19.3. The molecule has 3 atom stereocenters. The summed E-state index contributed by atoms with van der Waals surface area (Å²) in [6.45, 7) is 8.50. The fraction of sp³-hybridized carbons (Fsp3) is 0.462. The van der Waals surface area contributed by atoms with Gasteiger partial charge < -0.3 is 14.3 Å². The van der Waals surface area contributed by atoms with E-state index < -0.39 is 5.54 Å². The molecule has 1 aliphatic carbocycles. The second-order valence-electron chi connectivity index (χ2n) is 9.89. The van der Waals surface area contributed by atoms with E-state index in [1.165, 1.54) is 6.42 Å². The maximum absolute atomic E-state index is 13.9. The summed E-state index contributed by atoms with van der Waals surface area (Å²) < 4.78 is 7.50. The predicted octanol–water partition coefficient (Wildman–Crippen LogP) is 4.97. The van der Waals surface area contributed by atoms with Gasteiger partial charge in [0.25, 0.3) is 5.91 Å². The van der Waals surface area contributed by atoms with E-state index in [1.54, 1.807) is 17.2 Å². The first-order valence-corrected chi connectivity index (χ1v) is 11.6. The number of aromatic nitrogens is 1. The van der Waals surface area contributed by atoms with Crippen LogP contribution in [0.1, 0.15) is 61.1 Å². The highest BCUT2D eigenvalue weighted by Crippen LogP contribution is 2.37. The van der Waals surface area contributed by atoms with Gasteiger partial charge in [-0.1, -0.05) is 25.8 Å². The standard InChI is InChI=1S/C26H31N3O3/c1-16-11-17(2)13-19(12-16)29-24(30)22-14-23-21(9-10-32-23)28(22)15-26(29,4)25(31)27-20-8-6-5-7-18(20)3/h9-14,18,20H,5-8,15H2,1-4H3,(H,27,31)/t18-,20-,26-/m1/s1. The Kier molecular flexibility index (Phi) is 4.91. The lowest BCUT2D eigenvalue weighted by Gasteiger charge is -2.45. The molecule has 32 heavy (non-hydrogen) atoms. The molecule has 2 aliphatic rings. The molecule has 2 aromatic heterocycles. The van der Waals surface area contributed by atoms with Gasteiger partial charge in [-0.15, -0.1) is 0 Å². The molecular formula is C26H31N3O3. The fourth-order valence-electron chi connectivity index (χ4n) is 5.55. The Morgan fingerprint density at radius 3 is 2.56 bits per heavy atom. The lowest BCUT2D eigenvalue weighted by Crippen LogP contribution is -2.65. The molecule has 1 fully saturated rings. The lowest BCUT2D eigenvalue weighted by atomic mass is 9.84. The van der Waals surface area contributed by atoms with Gasteiger partial charge in [0, 0.05) is 23.9 Å². The quantitative estimate of drug-likeness (QED) is 0.634. The Hall–Kier alpha value is -3.02. The minimum absolute atomic E-state index is 0.0974. The Balaban J connectivity index is 1.61. The summed E-state index contributed by atoms with van der Waals surface area (Å²) in [4.78, 5) is 29.5. The minimum atomic E-state index is -1.06. The van der Waals surface area contributed by atoms with Crippen molar-refractivity contribution in [1.82, 2.24) is 9.88 Å². The van der Waals surface area contributed by atoms with Crippen molar-refractivity contribution in [1.29, 1.82) is 0 Å². The summed E-state index contributed by atoms with van der Waals surface area (Å²) in [5.74, 6) is 0.162. The Morgan fingerprint density at radius 2 is 1.84 bits per heavy atom. The third-order valence-electron chi connectivity index (χ3n) is 7.29. The summed E-state index contributed by atoms with van der Waals surface area (Å²) in [7, 11) is 0. The van der Waals surface area contributed by atoms with Gasteiger partial charge in [-0.05, 0) is 62.8 Å². The van der Waals surface area contributed by atoms with Crippen LogP contribution in [0.5, 0.6) is 0 Å². The Morgan fingerprint density at radius 1 is 1.12 bits per heavy atom. The van der Waals surface area contributed by atoms with Crippen LogP contribution in [0.2, 0.25) is 0 Å². The van der Waals surface area contributed by atoms with Gasteiger partial charge in [-0.3, -0.25) is 14.5 Å². The highest BCUT2D eigenvalue weighted by atomic mass is 16.3. The molecule has 1 N–H and O–H groups in total. The molecule has 2 amide bonds. The number of furan rings is 1. The summed E-state index contributed by atoms with van der Waals surface area (Å²) in [5, 5.41) is 3.32. The molecule has 0 bridgehead atoms. The van der Waals surface area contributed by atoms with Crippen LogP contribution < -0.4 is 10.2 Å². The largest absolute Gasteiger partial charge is 0.463 e. The molecule has 0 spiro atoms. The number of benzene rings is 1. The van der Waals surface area contributed by atoms with Crippen LogP contribution in [-0.2, 0) is 11.3 Å². The van der Waals surface area contributed by atoms with Crippen molar-refractivity contribution in [3.63, 3.8) is 0 Å². The van der Waals surface area contributed by atoms with Gasteiger partial charge >= 0.3 is 0 Å². The number of fused-ring (bicyclic) bond motifs is 3. The normalized spacial score (nSPS) is 25.8. The van der Waals surface area contributed by atoms with E-state index in [4.69, 9.17) is 4.42 Å². The summed E-state index contributed by atoms with van der Waals surface area (Å²) in [6, 6.07) is 9.84. The van der Waals surface area contributed by atoms with Crippen LogP contribution in [0, 0.1) is 19.8 Å². The van der Waals surface area contributed by atoms with E-state index in [-0.39, 0.29) is 17.9 Å². The van der Waals surface area contributed by atoms with Crippen molar-refractivity contribution in [2.24, 2.45) is 5.92 Å². The van der Waals surface area contributed by atoms with Crippen LogP contribution in [0.3, 0.4) is 0 Å². The number of carbonyl (C=O) groups is 2. The molecule has 1 aromatic carbocycles. The van der Waals surface area contributed by atoms with Crippen LogP contribution in [-0.4, -0.2) is 28.0 Å². The maximum atomic E-state index is 13.9. The molecule has 5 rings (SSSR count). The van der Waals surface area contributed by atoms with Crippen LogP contribution >= 0.6 is 0 Å². The molecular weight excluding hydrogens is 402 g/mol. The smallest absolute Gasteiger partial charge is 0.276 e. The molecule has 1 saturated carbocycles. The number of hydrogen-bond donors (Lipinski definition) is 1. The molecule has 0 radical (unpaired) electrons. The summed E-state index contributed by atoms with van der Waals surface area (Å²) >= 11 is 0. The fourth-order valence-corrected chi connectivity index (χ4v) is 5.55.